The number of likely N-dealkylation sites (N-methyl/N-ethyl adjacent to an activating group) is 2. The topological polar surface area (TPSA) is 44.8 Å². The van der Waals surface area contributed by atoms with Crippen LogP contribution in [-0.4, -0.2) is 74.2 Å². The third kappa shape index (κ3) is 4.75. The standard InChI is InChI=1S/C14H29N3O2/c1-5-16-9-11-17(12-10-16)8-7-14(3,15-4)13(18)19-6-2/h15H,5-12H2,1-4H3. The van der Waals surface area contributed by atoms with Crippen LogP contribution in [0.25, 0.3) is 0 Å². The SMILES string of the molecule is CCOC(=O)C(C)(CCN1CCN(CC)CC1)NC. The fourth-order valence-electron chi connectivity index (χ4n) is 2.33. The number of hydrogen-bond acceptors (Lipinski definition) is 5. The van der Waals surface area contributed by atoms with Crippen molar-refractivity contribution in [3.63, 3.8) is 0 Å². The van der Waals surface area contributed by atoms with Crippen molar-refractivity contribution in [1.29, 1.82) is 0 Å². The molecule has 0 spiro atoms. The molecule has 1 aliphatic rings. The number of rotatable bonds is 7. The molecule has 1 aliphatic heterocycles. The van der Waals surface area contributed by atoms with Crippen LogP contribution in [0.4, 0.5) is 0 Å². The highest BCUT2D eigenvalue weighted by Crippen LogP contribution is 2.13. The molecule has 0 amide bonds. The summed E-state index contributed by atoms with van der Waals surface area (Å²) in [6, 6.07) is 0. The Kier molecular flexibility index (Phi) is 6.75. The zero-order chi connectivity index (χ0) is 14.3. The number of piperazine rings is 1. The Hall–Kier alpha value is -0.650. The second-order valence-corrected chi connectivity index (χ2v) is 5.33. The Morgan fingerprint density at radius 1 is 1.21 bits per heavy atom. The lowest BCUT2D eigenvalue weighted by atomic mass is 9.97. The molecule has 1 atom stereocenters. The third-order valence-electron chi connectivity index (χ3n) is 4.12. The first-order valence-corrected chi connectivity index (χ1v) is 7.36. The summed E-state index contributed by atoms with van der Waals surface area (Å²) < 4.78 is 5.14. The van der Waals surface area contributed by atoms with Crippen molar-refractivity contribution < 1.29 is 9.53 Å². The van der Waals surface area contributed by atoms with Crippen LogP contribution >= 0.6 is 0 Å². The van der Waals surface area contributed by atoms with Gasteiger partial charge in [0, 0.05) is 32.7 Å². The van der Waals surface area contributed by atoms with Crippen molar-refractivity contribution in [3.8, 4) is 0 Å². The molecular formula is C14H29N3O2. The summed E-state index contributed by atoms with van der Waals surface area (Å²) in [4.78, 5) is 16.8. The molecule has 1 rings (SSSR count). The number of esters is 1. The molecule has 5 nitrogen and oxygen atoms in total. The summed E-state index contributed by atoms with van der Waals surface area (Å²) in [6.07, 6.45) is 0.786. The van der Waals surface area contributed by atoms with Crippen LogP contribution in [0.2, 0.25) is 0 Å². The predicted octanol–water partition coefficient (Wildman–Crippen LogP) is 0.555. The lowest BCUT2D eigenvalue weighted by Crippen LogP contribution is -2.52. The van der Waals surface area contributed by atoms with Gasteiger partial charge in [0.05, 0.1) is 6.61 Å². The minimum absolute atomic E-state index is 0.148. The largest absolute Gasteiger partial charge is 0.465 e. The number of nitrogens with one attached hydrogen (secondary N) is 1. The molecule has 0 aromatic carbocycles. The molecule has 5 heteroatoms. The number of nitrogens with zero attached hydrogens (tertiary/aromatic N) is 2. The van der Waals surface area contributed by atoms with Gasteiger partial charge in [0.15, 0.2) is 0 Å². The van der Waals surface area contributed by atoms with E-state index in [1.165, 1.54) is 0 Å². The molecule has 1 heterocycles. The molecule has 0 aromatic rings. The van der Waals surface area contributed by atoms with Crippen molar-refractivity contribution in [3.05, 3.63) is 0 Å². The molecule has 0 bridgehead atoms. The summed E-state index contributed by atoms with van der Waals surface area (Å²) in [5, 5.41) is 3.11. The number of hydrogen-bond donors (Lipinski definition) is 1. The van der Waals surface area contributed by atoms with Crippen LogP contribution in [0, 0.1) is 0 Å². The van der Waals surface area contributed by atoms with E-state index in [9.17, 15) is 4.79 Å². The van der Waals surface area contributed by atoms with Gasteiger partial charge in [-0.25, -0.2) is 0 Å². The molecule has 1 N–H and O–H groups in total. The Labute approximate surface area is 117 Å². The number of carbonyl (C=O) groups is 1. The van der Waals surface area contributed by atoms with Gasteiger partial charge in [0.25, 0.3) is 0 Å². The summed E-state index contributed by atoms with van der Waals surface area (Å²) in [7, 11) is 1.83. The smallest absolute Gasteiger partial charge is 0.326 e. The van der Waals surface area contributed by atoms with E-state index in [4.69, 9.17) is 4.74 Å². The zero-order valence-corrected chi connectivity index (χ0v) is 12.9. The van der Waals surface area contributed by atoms with Gasteiger partial charge in [-0.2, -0.15) is 0 Å². The van der Waals surface area contributed by atoms with Crippen LogP contribution in [0.5, 0.6) is 0 Å². The Morgan fingerprint density at radius 3 is 2.26 bits per heavy atom. The van der Waals surface area contributed by atoms with Gasteiger partial charge in [-0.3, -0.25) is 4.79 Å². The fraction of sp³-hybridized carbons (Fsp3) is 0.929. The lowest BCUT2D eigenvalue weighted by molar-refractivity contribution is -0.150. The molecule has 112 valence electrons. The Balaban J connectivity index is 2.39. The van der Waals surface area contributed by atoms with Crippen LogP contribution in [0.15, 0.2) is 0 Å². The maximum atomic E-state index is 12.0. The second kappa shape index (κ2) is 7.82. The monoisotopic (exact) mass is 271 g/mol. The molecule has 0 aromatic heterocycles. The van der Waals surface area contributed by atoms with Gasteiger partial charge in [0.1, 0.15) is 5.54 Å². The van der Waals surface area contributed by atoms with E-state index in [0.29, 0.717) is 6.61 Å². The van der Waals surface area contributed by atoms with Crippen molar-refractivity contribution in [1.82, 2.24) is 15.1 Å². The molecule has 19 heavy (non-hydrogen) atoms. The molecule has 0 aliphatic carbocycles. The van der Waals surface area contributed by atoms with Crippen LogP contribution < -0.4 is 5.32 Å². The number of ether oxygens (including phenoxy) is 1. The first kappa shape index (κ1) is 16.4. The van der Waals surface area contributed by atoms with Crippen molar-refractivity contribution in [2.45, 2.75) is 32.7 Å². The minimum Gasteiger partial charge on any atom is -0.465 e. The Morgan fingerprint density at radius 2 is 1.79 bits per heavy atom. The Bertz CT molecular complexity index is 278. The van der Waals surface area contributed by atoms with Crippen LogP contribution in [0.1, 0.15) is 27.2 Å². The van der Waals surface area contributed by atoms with E-state index in [1.54, 1.807) is 0 Å². The molecule has 1 saturated heterocycles. The molecule has 1 unspecified atom stereocenters. The van der Waals surface area contributed by atoms with Gasteiger partial charge >= 0.3 is 5.97 Å². The van der Waals surface area contributed by atoms with Gasteiger partial charge < -0.3 is 19.9 Å². The average Bonchev–Trinajstić information content (AvgIpc) is 2.45. The van der Waals surface area contributed by atoms with Gasteiger partial charge in [-0.05, 0) is 33.9 Å². The van der Waals surface area contributed by atoms with E-state index in [2.05, 4.69) is 22.0 Å². The maximum absolute atomic E-state index is 12.0. The van der Waals surface area contributed by atoms with E-state index >= 15 is 0 Å². The van der Waals surface area contributed by atoms with Gasteiger partial charge in [-0.1, -0.05) is 6.92 Å². The highest BCUT2D eigenvalue weighted by Gasteiger charge is 2.33. The lowest BCUT2D eigenvalue weighted by Gasteiger charge is -2.36. The molecule has 1 fully saturated rings. The summed E-state index contributed by atoms with van der Waals surface area (Å²) in [5.41, 5.74) is -0.572. The zero-order valence-electron chi connectivity index (χ0n) is 12.9. The minimum atomic E-state index is -0.572. The molecule has 0 radical (unpaired) electrons. The third-order valence-corrected chi connectivity index (χ3v) is 4.12. The summed E-state index contributed by atoms with van der Waals surface area (Å²) in [6.45, 7) is 12.9. The number of carbonyl (C=O) groups excluding carboxylic acids is 1. The van der Waals surface area contributed by atoms with E-state index in [1.807, 2.05) is 20.9 Å². The van der Waals surface area contributed by atoms with E-state index < -0.39 is 5.54 Å². The van der Waals surface area contributed by atoms with E-state index in [-0.39, 0.29) is 5.97 Å². The molecular weight excluding hydrogens is 242 g/mol. The van der Waals surface area contributed by atoms with Gasteiger partial charge in [-0.15, -0.1) is 0 Å². The van der Waals surface area contributed by atoms with Gasteiger partial charge in [0.2, 0.25) is 0 Å². The highest BCUT2D eigenvalue weighted by molar-refractivity contribution is 5.80. The predicted molar refractivity (Wildman–Crippen MR) is 77.3 cm³/mol. The van der Waals surface area contributed by atoms with Crippen LogP contribution in [-0.2, 0) is 9.53 Å². The quantitative estimate of drug-likeness (QED) is 0.685. The summed E-state index contributed by atoms with van der Waals surface area (Å²) in [5.74, 6) is -0.148. The first-order valence-electron chi connectivity index (χ1n) is 7.36. The average molecular weight is 271 g/mol. The molecule has 0 saturated carbocycles. The van der Waals surface area contributed by atoms with Crippen LogP contribution in [0.3, 0.4) is 0 Å². The van der Waals surface area contributed by atoms with Crippen molar-refractivity contribution >= 4 is 5.97 Å². The first-order chi connectivity index (χ1) is 9.05. The second-order valence-electron chi connectivity index (χ2n) is 5.33. The van der Waals surface area contributed by atoms with E-state index in [0.717, 1.165) is 45.7 Å². The fourth-order valence-corrected chi connectivity index (χ4v) is 2.33. The highest BCUT2D eigenvalue weighted by atomic mass is 16.5. The van der Waals surface area contributed by atoms with Crippen molar-refractivity contribution in [2.24, 2.45) is 0 Å². The normalized spacial score (nSPS) is 21.1. The maximum Gasteiger partial charge on any atom is 0.326 e. The summed E-state index contributed by atoms with van der Waals surface area (Å²) >= 11 is 0. The van der Waals surface area contributed by atoms with Crippen molar-refractivity contribution in [2.75, 3.05) is 52.9 Å².